The molecular weight excluding hydrogens is 539 g/mol. The number of likely N-dealkylation sites (tertiary alicyclic amines) is 1. The van der Waals surface area contributed by atoms with Gasteiger partial charge in [0.1, 0.15) is 23.4 Å². The Bertz CT molecular complexity index is 1610. The number of alkyl halides is 3. The fourth-order valence-corrected chi connectivity index (χ4v) is 4.64. The Labute approximate surface area is 233 Å². The molecule has 3 N–H and O–H groups in total. The minimum Gasteiger partial charge on any atom is -0.444 e. The van der Waals surface area contributed by atoms with Crippen LogP contribution in [0.5, 0.6) is 0 Å². The Morgan fingerprint density at radius 2 is 1.80 bits per heavy atom. The van der Waals surface area contributed by atoms with Gasteiger partial charge in [0.25, 0.3) is 5.91 Å². The van der Waals surface area contributed by atoms with Crippen LogP contribution < -0.4 is 11.1 Å². The second-order valence-electron chi connectivity index (χ2n) is 10.7. The highest BCUT2D eigenvalue weighted by molar-refractivity contribution is 6.04. The molecule has 41 heavy (non-hydrogen) atoms. The van der Waals surface area contributed by atoms with Crippen molar-refractivity contribution in [2.24, 2.45) is 0 Å². The number of nitrogens with one attached hydrogen (secondary N) is 1. The number of carbonyl (C=O) groups is 2. The molecular formula is C28H28F3N7O3. The first kappa shape index (κ1) is 27.9. The van der Waals surface area contributed by atoms with Gasteiger partial charge in [0.05, 0.1) is 17.0 Å². The SMILES string of the molecule is CC(C)(C)OC(=O)N1CCC(n2nc(-c3ccc(NC(=O)c4cccc(C(F)(F)F)c4)cc3)c3c(N)ncnc32)C1. The van der Waals surface area contributed by atoms with Crippen molar-refractivity contribution in [2.45, 2.75) is 45.0 Å². The van der Waals surface area contributed by atoms with Crippen LogP contribution in [0.1, 0.15) is 49.2 Å². The second kappa shape index (κ2) is 10.4. The smallest absolute Gasteiger partial charge is 0.416 e. The number of halogens is 3. The van der Waals surface area contributed by atoms with Crippen LogP contribution >= 0.6 is 0 Å². The maximum Gasteiger partial charge on any atom is 0.416 e. The Morgan fingerprint density at radius 1 is 1.07 bits per heavy atom. The van der Waals surface area contributed by atoms with Gasteiger partial charge < -0.3 is 20.7 Å². The number of hydrogen-bond acceptors (Lipinski definition) is 7. The lowest BCUT2D eigenvalue weighted by molar-refractivity contribution is -0.137. The number of amides is 2. The number of benzene rings is 2. The number of ether oxygens (including phenoxy) is 1. The molecule has 2 aromatic carbocycles. The fourth-order valence-electron chi connectivity index (χ4n) is 4.64. The van der Waals surface area contributed by atoms with Crippen molar-refractivity contribution < 1.29 is 27.5 Å². The van der Waals surface area contributed by atoms with Crippen molar-refractivity contribution in [3.63, 3.8) is 0 Å². The van der Waals surface area contributed by atoms with Crippen LogP contribution in [0.2, 0.25) is 0 Å². The lowest BCUT2D eigenvalue weighted by Crippen LogP contribution is -2.35. The lowest BCUT2D eigenvalue weighted by atomic mass is 10.1. The quantitative estimate of drug-likeness (QED) is 0.332. The third-order valence-electron chi connectivity index (χ3n) is 6.55. The van der Waals surface area contributed by atoms with Gasteiger partial charge in [-0.05, 0) is 57.5 Å². The molecule has 1 atom stereocenters. The van der Waals surface area contributed by atoms with E-state index in [9.17, 15) is 22.8 Å². The number of carbonyl (C=O) groups excluding carboxylic acids is 2. The number of nitrogen functional groups attached to an aromatic ring is 1. The van der Waals surface area contributed by atoms with Gasteiger partial charge in [0.2, 0.25) is 0 Å². The molecule has 0 bridgehead atoms. The Morgan fingerprint density at radius 3 is 2.49 bits per heavy atom. The van der Waals surface area contributed by atoms with E-state index in [1.165, 1.54) is 18.5 Å². The summed E-state index contributed by atoms with van der Waals surface area (Å²) in [7, 11) is 0. The number of fused-ring (bicyclic) bond motifs is 1. The largest absolute Gasteiger partial charge is 0.444 e. The Balaban J connectivity index is 1.38. The minimum absolute atomic E-state index is 0.115. The summed E-state index contributed by atoms with van der Waals surface area (Å²) in [5.41, 5.74) is 6.68. The normalized spacial score (nSPS) is 15.8. The highest BCUT2D eigenvalue weighted by atomic mass is 19.4. The molecule has 1 aliphatic heterocycles. The molecule has 214 valence electrons. The van der Waals surface area contributed by atoms with Crippen LogP contribution in [-0.2, 0) is 10.9 Å². The van der Waals surface area contributed by atoms with E-state index in [0.717, 1.165) is 12.1 Å². The van der Waals surface area contributed by atoms with E-state index in [4.69, 9.17) is 15.6 Å². The third kappa shape index (κ3) is 5.93. The standard InChI is InChI=1S/C28H28F3N7O3/c1-27(2,3)41-26(40)37-12-11-20(14-37)38-24-21(23(32)33-15-34-24)22(36-38)16-7-9-19(10-8-16)35-25(39)17-5-4-6-18(13-17)28(29,30)31/h4-10,13,15,20H,11-12,14H2,1-3H3,(H,35,39)(H2,32,33,34). The maximum atomic E-state index is 13.0. The number of anilines is 2. The zero-order valence-corrected chi connectivity index (χ0v) is 22.6. The lowest BCUT2D eigenvalue weighted by Gasteiger charge is -2.24. The molecule has 4 aromatic rings. The minimum atomic E-state index is -4.55. The summed E-state index contributed by atoms with van der Waals surface area (Å²) in [4.78, 5) is 35.4. The molecule has 1 unspecified atom stereocenters. The number of hydrogen-bond donors (Lipinski definition) is 2. The molecule has 3 heterocycles. The van der Waals surface area contributed by atoms with Crippen molar-refractivity contribution in [1.82, 2.24) is 24.6 Å². The first-order chi connectivity index (χ1) is 19.3. The van der Waals surface area contributed by atoms with Crippen molar-refractivity contribution in [2.75, 3.05) is 24.1 Å². The molecule has 0 saturated carbocycles. The molecule has 13 heteroatoms. The zero-order valence-electron chi connectivity index (χ0n) is 22.6. The van der Waals surface area contributed by atoms with Gasteiger partial charge in [-0.2, -0.15) is 18.3 Å². The average Bonchev–Trinajstić information content (AvgIpc) is 3.54. The zero-order chi connectivity index (χ0) is 29.5. The van der Waals surface area contributed by atoms with E-state index >= 15 is 0 Å². The van der Waals surface area contributed by atoms with Crippen molar-refractivity contribution in [1.29, 1.82) is 0 Å². The van der Waals surface area contributed by atoms with E-state index in [1.54, 1.807) is 33.8 Å². The first-order valence-electron chi connectivity index (χ1n) is 12.9. The summed E-state index contributed by atoms with van der Waals surface area (Å²) in [6, 6.07) is 10.7. The number of rotatable bonds is 4. The highest BCUT2D eigenvalue weighted by Crippen LogP contribution is 2.35. The summed E-state index contributed by atoms with van der Waals surface area (Å²) >= 11 is 0. The molecule has 0 aliphatic carbocycles. The van der Waals surface area contributed by atoms with Crippen LogP contribution in [0.4, 0.5) is 29.5 Å². The van der Waals surface area contributed by atoms with Gasteiger partial charge in [0.15, 0.2) is 5.65 Å². The van der Waals surface area contributed by atoms with E-state index in [2.05, 4.69) is 15.3 Å². The predicted octanol–water partition coefficient (Wildman–Crippen LogP) is 5.53. The molecule has 1 fully saturated rings. The Hall–Kier alpha value is -4.68. The highest BCUT2D eigenvalue weighted by Gasteiger charge is 2.33. The molecule has 0 spiro atoms. The molecule has 1 saturated heterocycles. The van der Waals surface area contributed by atoms with Crippen LogP contribution in [0.15, 0.2) is 54.9 Å². The van der Waals surface area contributed by atoms with Crippen molar-refractivity contribution in [3.8, 4) is 11.3 Å². The summed E-state index contributed by atoms with van der Waals surface area (Å²) in [5, 5.41) is 7.96. The van der Waals surface area contributed by atoms with Gasteiger partial charge in [0, 0.05) is 29.9 Å². The average molecular weight is 568 g/mol. The monoisotopic (exact) mass is 567 g/mol. The summed E-state index contributed by atoms with van der Waals surface area (Å²) in [6.07, 6.45) is -2.96. The van der Waals surface area contributed by atoms with Crippen LogP contribution in [0, 0.1) is 0 Å². The topological polar surface area (TPSA) is 128 Å². The van der Waals surface area contributed by atoms with Crippen molar-refractivity contribution >= 4 is 34.5 Å². The second-order valence-corrected chi connectivity index (χ2v) is 10.7. The molecule has 2 amide bonds. The fraction of sp³-hybridized carbons (Fsp3) is 0.321. The van der Waals surface area contributed by atoms with Crippen LogP contribution in [0.25, 0.3) is 22.3 Å². The molecule has 2 aromatic heterocycles. The van der Waals surface area contributed by atoms with Crippen LogP contribution in [0.3, 0.4) is 0 Å². The molecule has 0 radical (unpaired) electrons. The molecule has 10 nitrogen and oxygen atoms in total. The van der Waals surface area contributed by atoms with Gasteiger partial charge in [-0.3, -0.25) is 4.79 Å². The summed E-state index contributed by atoms with van der Waals surface area (Å²) < 4.78 is 46.4. The van der Waals surface area contributed by atoms with E-state index < -0.39 is 29.3 Å². The number of aromatic nitrogens is 4. The van der Waals surface area contributed by atoms with Crippen molar-refractivity contribution in [3.05, 3.63) is 66.0 Å². The number of nitrogens with two attached hydrogens (primary N) is 1. The van der Waals surface area contributed by atoms with E-state index in [0.29, 0.717) is 47.5 Å². The van der Waals surface area contributed by atoms with Gasteiger partial charge >= 0.3 is 12.3 Å². The Kier molecular flexibility index (Phi) is 7.05. The van der Waals surface area contributed by atoms with E-state index in [1.807, 2.05) is 20.8 Å². The first-order valence-corrected chi connectivity index (χ1v) is 12.9. The van der Waals surface area contributed by atoms with Gasteiger partial charge in [-0.25, -0.2) is 19.4 Å². The molecule has 5 rings (SSSR count). The maximum absolute atomic E-state index is 13.0. The third-order valence-corrected chi connectivity index (χ3v) is 6.55. The summed E-state index contributed by atoms with van der Waals surface area (Å²) in [6.45, 7) is 6.32. The number of nitrogens with zero attached hydrogens (tertiary/aromatic N) is 5. The summed E-state index contributed by atoms with van der Waals surface area (Å²) in [5.74, 6) is -0.438. The van der Waals surface area contributed by atoms with E-state index in [-0.39, 0.29) is 17.4 Å². The van der Waals surface area contributed by atoms with Crippen LogP contribution in [-0.4, -0.2) is 55.3 Å². The predicted molar refractivity (Wildman–Crippen MR) is 146 cm³/mol. The van der Waals surface area contributed by atoms with Gasteiger partial charge in [-0.15, -0.1) is 0 Å². The molecule has 1 aliphatic rings. The van der Waals surface area contributed by atoms with Gasteiger partial charge in [-0.1, -0.05) is 18.2 Å².